The van der Waals surface area contributed by atoms with Crippen molar-refractivity contribution in [2.45, 2.75) is 74.5 Å². The van der Waals surface area contributed by atoms with Crippen LogP contribution in [0.4, 0.5) is 57.1 Å². The van der Waals surface area contributed by atoms with Crippen LogP contribution < -0.4 is 0 Å². The first-order chi connectivity index (χ1) is 14.0. The molecular formula is C18H17F13O. The molecule has 0 saturated carbocycles. The molecule has 0 aliphatic heterocycles. The molecule has 0 saturated heterocycles. The van der Waals surface area contributed by atoms with E-state index < -0.39 is 53.4 Å². The Balaban J connectivity index is 3.43. The highest BCUT2D eigenvalue weighted by atomic mass is 19.4. The monoisotopic (exact) mass is 496 g/mol. The summed E-state index contributed by atoms with van der Waals surface area (Å²) in [5, 5.41) is 10.2. The standard InChI is InChI=1S/C18H17F13O/c1-3-5-10-6-4-7-11(8-10)12(2,32)9-13(19,20)14(21,22)15(23,24)16(25,26)17(27,28)18(29,30)31/h4,6-8,32H,3,5,9H2,1-2H3. The number of hydrogen-bond acceptors (Lipinski definition) is 1. The molecule has 0 aromatic heterocycles. The molecule has 1 rings (SSSR count). The number of aryl methyl sites for hydroxylation is 1. The molecule has 1 aromatic carbocycles. The average molecular weight is 496 g/mol. The lowest BCUT2D eigenvalue weighted by Gasteiger charge is -2.41. The molecule has 0 heterocycles. The molecule has 32 heavy (non-hydrogen) atoms. The SMILES string of the molecule is CCCc1cccc(C(C)(O)CC(F)(F)C(F)(F)C(F)(F)C(F)(F)C(F)(F)C(F)(F)F)c1. The molecule has 0 bridgehead atoms. The summed E-state index contributed by atoms with van der Waals surface area (Å²) in [4.78, 5) is 0. The fourth-order valence-corrected chi connectivity index (χ4v) is 2.80. The highest BCUT2D eigenvalue weighted by Crippen LogP contribution is 2.61. The second-order valence-corrected chi connectivity index (χ2v) is 7.40. The Kier molecular flexibility index (Phi) is 7.29. The van der Waals surface area contributed by atoms with E-state index in [0.29, 0.717) is 25.3 Å². The molecule has 0 aliphatic rings. The van der Waals surface area contributed by atoms with Crippen molar-refractivity contribution in [1.82, 2.24) is 0 Å². The maximum absolute atomic E-state index is 14.1. The summed E-state index contributed by atoms with van der Waals surface area (Å²) in [5.74, 6) is -37.4. The predicted molar refractivity (Wildman–Crippen MR) is 85.4 cm³/mol. The van der Waals surface area contributed by atoms with Crippen molar-refractivity contribution in [2.24, 2.45) is 0 Å². The van der Waals surface area contributed by atoms with Crippen LogP contribution in [-0.2, 0) is 12.0 Å². The molecule has 0 spiro atoms. The minimum atomic E-state index is -7.96. The summed E-state index contributed by atoms with van der Waals surface area (Å²) < 4.78 is 172. The Morgan fingerprint density at radius 1 is 0.719 bits per heavy atom. The van der Waals surface area contributed by atoms with E-state index in [1.54, 1.807) is 6.92 Å². The van der Waals surface area contributed by atoms with E-state index in [1.807, 2.05) is 0 Å². The molecule has 1 aromatic rings. The Hall–Kier alpha value is -1.73. The first-order valence-electron chi connectivity index (χ1n) is 8.77. The Labute approximate surface area is 173 Å². The van der Waals surface area contributed by atoms with Crippen LogP contribution in [0, 0.1) is 0 Å². The maximum atomic E-state index is 14.1. The van der Waals surface area contributed by atoms with Crippen molar-refractivity contribution in [3.63, 3.8) is 0 Å². The van der Waals surface area contributed by atoms with Gasteiger partial charge in [-0.2, -0.15) is 57.1 Å². The predicted octanol–water partition coefficient (Wildman–Crippen LogP) is 6.98. The van der Waals surface area contributed by atoms with Gasteiger partial charge in [-0.15, -0.1) is 0 Å². The summed E-state index contributed by atoms with van der Waals surface area (Å²) in [6.45, 7) is 2.13. The third-order valence-electron chi connectivity index (χ3n) is 4.65. The largest absolute Gasteiger partial charge is 0.460 e. The smallest absolute Gasteiger partial charge is 0.385 e. The van der Waals surface area contributed by atoms with E-state index in [0.717, 1.165) is 12.1 Å². The van der Waals surface area contributed by atoms with E-state index in [2.05, 4.69) is 0 Å². The van der Waals surface area contributed by atoms with Crippen molar-refractivity contribution in [3.05, 3.63) is 35.4 Å². The summed E-state index contributed by atoms with van der Waals surface area (Å²) >= 11 is 0. The number of rotatable bonds is 9. The first-order valence-corrected chi connectivity index (χ1v) is 8.77. The van der Waals surface area contributed by atoms with Crippen LogP contribution in [0.1, 0.15) is 37.8 Å². The third kappa shape index (κ3) is 4.51. The normalized spacial score (nSPS) is 16.8. The topological polar surface area (TPSA) is 20.2 Å². The van der Waals surface area contributed by atoms with Gasteiger partial charge < -0.3 is 5.11 Å². The molecule has 1 atom stereocenters. The molecule has 1 N–H and O–H groups in total. The molecular weight excluding hydrogens is 479 g/mol. The summed E-state index contributed by atoms with van der Waals surface area (Å²) in [6.07, 6.45) is -9.34. The van der Waals surface area contributed by atoms with Gasteiger partial charge >= 0.3 is 35.8 Å². The number of halogens is 13. The van der Waals surface area contributed by atoms with Gasteiger partial charge in [-0.25, -0.2) is 0 Å². The van der Waals surface area contributed by atoms with E-state index in [9.17, 15) is 62.2 Å². The van der Waals surface area contributed by atoms with Crippen LogP contribution in [0.25, 0.3) is 0 Å². The van der Waals surface area contributed by atoms with Gasteiger partial charge in [0.05, 0.1) is 12.0 Å². The van der Waals surface area contributed by atoms with Gasteiger partial charge in [0.15, 0.2) is 0 Å². The minimum absolute atomic E-state index is 0.313. The molecule has 186 valence electrons. The highest BCUT2D eigenvalue weighted by Gasteiger charge is 2.90. The van der Waals surface area contributed by atoms with Gasteiger partial charge in [0.1, 0.15) is 0 Å². The van der Waals surface area contributed by atoms with Gasteiger partial charge in [-0.3, -0.25) is 0 Å². The van der Waals surface area contributed by atoms with Crippen LogP contribution >= 0.6 is 0 Å². The van der Waals surface area contributed by atoms with Crippen LogP contribution in [0.2, 0.25) is 0 Å². The number of aliphatic hydroxyl groups is 1. The molecule has 0 radical (unpaired) electrons. The number of benzene rings is 1. The Morgan fingerprint density at radius 2 is 1.19 bits per heavy atom. The zero-order valence-electron chi connectivity index (χ0n) is 16.3. The maximum Gasteiger partial charge on any atom is 0.460 e. The van der Waals surface area contributed by atoms with Crippen LogP contribution in [-0.4, -0.2) is 40.9 Å². The highest BCUT2D eigenvalue weighted by molar-refractivity contribution is 5.28. The fraction of sp³-hybridized carbons (Fsp3) is 0.667. The zero-order chi connectivity index (χ0) is 25.6. The fourth-order valence-electron chi connectivity index (χ4n) is 2.80. The quantitative estimate of drug-likeness (QED) is 0.366. The first kappa shape index (κ1) is 28.3. The van der Waals surface area contributed by atoms with Crippen LogP contribution in [0.5, 0.6) is 0 Å². The van der Waals surface area contributed by atoms with Crippen LogP contribution in [0.15, 0.2) is 24.3 Å². The second-order valence-electron chi connectivity index (χ2n) is 7.40. The van der Waals surface area contributed by atoms with Gasteiger partial charge in [0.25, 0.3) is 0 Å². The number of hydrogen-bond donors (Lipinski definition) is 1. The van der Waals surface area contributed by atoms with Crippen LogP contribution in [0.3, 0.4) is 0 Å². The van der Waals surface area contributed by atoms with Gasteiger partial charge in [-0.1, -0.05) is 37.6 Å². The van der Waals surface area contributed by atoms with Crippen molar-refractivity contribution in [1.29, 1.82) is 0 Å². The Morgan fingerprint density at radius 3 is 1.62 bits per heavy atom. The Bertz CT molecular complexity index is 796. The summed E-state index contributed by atoms with van der Waals surface area (Å²) in [7, 11) is 0. The van der Waals surface area contributed by atoms with E-state index in [4.69, 9.17) is 0 Å². The van der Waals surface area contributed by atoms with Gasteiger partial charge in [0, 0.05) is 0 Å². The lowest BCUT2D eigenvalue weighted by molar-refractivity contribution is -0.441. The van der Waals surface area contributed by atoms with Gasteiger partial charge in [-0.05, 0) is 24.5 Å². The van der Waals surface area contributed by atoms with Crippen molar-refractivity contribution >= 4 is 0 Å². The molecule has 0 fully saturated rings. The minimum Gasteiger partial charge on any atom is -0.385 e. The molecule has 0 aliphatic carbocycles. The lowest BCUT2D eigenvalue weighted by Crippen LogP contribution is -2.70. The average Bonchev–Trinajstić information content (AvgIpc) is 2.59. The van der Waals surface area contributed by atoms with Crippen molar-refractivity contribution in [3.8, 4) is 0 Å². The van der Waals surface area contributed by atoms with E-state index in [-0.39, 0.29) is 0 Å². The third-order valence-corrected chi connectivity index (χ3v) is 4.65. The molecule has 1 nitrogen and oxygen atoms in total. The van der Waals surface area contributed by atoms with E-state index >= 15 is 0 Å². The second kappa shape index (κ2) is 8.24. The molecule has 0 amide bonds. The number of alkyl halides is 13. The van der Waals surface area contributed by atoms with Crippen molar-refractivity contribution in [2.75, 3.05) is 0 Å². The molecule has 1 unspecified atom stereocenters. The zero-order valence-corrected chi connectivity index (χ0v) is 16.3. The summed E-state index contributed by atoms with van der Waals surface area (Å²) in [6, 6.07) is 4.56. The summed E-state index contributed by atoms with van der Waals surface area (Å²) in [5.41, 5.74) is -3.23. The lowest BCUT2D eigenvalue weighted by atomic mass is 9.83. The van der Waals surface area contributed by atoms with Gasteiger partial charge in [0.2, 0.25) is 0 Å². The van der Waals surface area contributed by atoms with Crippen molar-refractivity contribution < 1.29 is 62.2 Å². The molecule has 14 heteroatoms. The van der Waals surface area contributed by atoms with E-state index in [1.165, 1.54) is 12.1 Å².